The fourth-order valence-electron chi connectivity index (χ4n) is 1.48. The van der Waals surface area contributed by atoms with Crippen molar-refractivity contribution in [1.82, 2.24) is 4.90 Å². The number of amidine groups is 1. The van der Waals surface area contributed by atoms with Gasteiger partial charge in [0.2, 0.25) is 0 Å². The van der Waals surface area contributed by atoms with Gasteiger partial charge in [-0.05, 0) is 24.2 Å². The largest absolute Gasteiger partial charge is 0.388 e. The lowest BCUT2D eigenvalue weighted by Gasteiger charge is -2.20. The molecule has 0 aromatic heterocycles. The van der Waals surface area contributed by atoms with Crippen LogP contribution < -0.4 is 5.73 Å². The van der Waals surface area contributed by atoms with Gasteiger partial charge < -0.3 is 5.73 Å². The van der Waals surface area contributed by atoms with Crippen molar-refractivity contribution in [2.24, 2.45) is 5.73 Å². The number of hydrogen-bond acceptors (Lipinski definition) is 2. The maximum atomic E-state index is 7.22. The Morgan fingerprint density at radius 2 is 2.00 bits per heavy atom. The molecule has 0 saturated carbocycles. The monoisotopic (exact) mass is 283 g/mol. The van der Waals surface area contributed by atoms with Gasteiger partial charge in [-0.25, -0.2) is 0 Å². The van der Waals surface area contributed by atoms with Crippen LogP contribution in [-0.2, 0) is 6.54 Å². The van der Waals surface area contributed by atoms with Crippen molar-refractivity contribution in [3.8, 4) is 0 Å². The second-order valence-electron chi connectivity index (χ2n) is 3.77. The summed E-state index contributed by atoms with van der Waals surface area (Å²) in [5.74, 6) is 0.259. The summed E-state index contributed by atoms with van der Waals surface area (Å²) in [5.41, 5.74) is 6.64. The Morgan fingerprint density at radius 1 is 1.38 bits per heavy atom. The maximum absolute atomic E-state index is 7.22. The zero-order valence-corrected chi connectivity index (χ0v) is 11.1. The fraction of sp³-hybridized carbons (Fsp3) is 0.417. The van der Waals surface area contributed by atoms with E-state index in [-0.39, 0.29) is 5.84 Å². The molecule has 0 aliphatic rings. The molecule has 1 aromatic rings. The molecule has 0 spiro atoms. The molecule has 1 rings (SSSR count). The summed E-state index contributed by atoms with van der Waals surface area (Å²) in [7, 11) is 0. The zero-order chi connectivity index (χ0) is 12.0. The standard InChI is InChI=1S/C12H18BrN3/c1-2-16(8-7-12(14)15)9-10-3-5-11(13)6-4-10/h3-6H,2,7-9H2,1H3,(H3,14,15). The first-order valence-electron chi connectivity index (χ1n) is 5.41. The molecule has 0 heterocycles. The highest BCUT2D eigenvalue weighted by molar-refractivity contribution is 9.10. The van der Waals surface area contributed by atoms with Crippen LogP contribution in [0, 0.1) is 5.41 Å². The van der Waals surface area contributed by atoms with Crippen LogP contribution in [0.15, 0.2) is 28.7 Å². The number of nitrogens with one attached hydrogen (secondary N) is 1. The van der Waals surface area contributed by atoms with Gasteiger partial charge in [0.25, 0.3) is 0 Å². The van der Waals surface area contributed by atoms with E-state index < -0.39 is 0 Å². The normalized spacial score (nSPS) is 10.7. The average Bonchev–Trinajstić information content (AvgIpc) is 2.26. The minimum Gasteiger partial charge on any atom is -0.388 e. The van der Waals surface area contributed by atoms with Gasteiger partial charge in [0.15, 0.2) is 0 Å². The second kappa shape index (κ2) is 6.66. The summed E-state index contributed by atoms with van der Waals surface area (Å²) in [6.45, 7) is 4.86. The van der Waals surface area contributed by atoms with E-state index in [0.29, 0.717) is 6.42 Å². The SMILES string of the molecule is CCN(CCC(=N)N)Cc1ccc(Br)cc1. The molecule has 0 radical (unpaired) electrons. The van der Waals surface area contributed by atoms with E-state index in [1.165, 1.54) is 5.56 Å². The Kier molecular flexibility index (Phi) is 5.49. The molecule has 1 aromatic carbocycles. The molecular formula is C12H18BrN3. The van der Waals surface area contributed by atoms with Gasteiger partial charge in [-0.1, -0.05) is 35.0 Å². The summed E-state index contributed by atoms with van der Waals surface area (Å²) in [4.78, 5) is 2.28. The molecule has 0 unspecified atom stereocenters. The second-order valence-corrected chi connectivity index (χ2v) is 4.69. The van der Waals surface area contributed by atoms with Crippen LogP contribution in [0.2, 0.25) is 0 Å². The van der Waals surface area contributed by atoms with Gasteiger partial charge in [-0.15, -0.1) is 0 Å². The Hall–Kier alpha value is -0.870. The molecular weight excluding hydrogens is 266 g/mol. The number of nitrogens with two attached hydrogens (primary N) is 1. The highest BCUT2D eigenvalue weighted by Crippen LogP contribution is 2.12. The van der Waals surface area contributed by atoms with E-state index in [0.717, 1.165) is 24.1 Å². The predicted molar refractivity (Wildman–Crippen MR) is 71.6 cm³/mol. The predicted octanol–water partition coefficient (Wildman–Crippen LogP) is 2.60. The first-order valence-corrected chi connectivity index (χ1v) is 6.20. The van der Waals surface area contributed by atoms with Crippen LogP contribution in [0.4, 0.5) is 0 Å². The quantitative estimate of drug-likeness (QED) is 0.623. The molecule has 4 heteroatoms. The summed E-state index contributed by atoms with van der Waals surface area (Å²) in [6, 6.07) is 8.32. The lowest BCUT2D eigenvalue weighted by Crippen LogP contribution is -2.27. The molecule has 16 heavy (non-hydrogen) atoms. The van der Waals surface area contributed by atoms with E-state index >= 15 is 0 Å². The van der Waals surface area contributed by atoms with E-state index in [1.54, 1.807) is 0 Å². The molecule has 0 saturated heterocycles. The highest BCUT2D eigenvalue weighted by atomic mass is 79.9. The van der Waals surface area contributed by atoms with Crippen molar-refractivity contribution in [2.75, 3.05) is 13.1 Å². The third kappa shape index (κ3) is 4.77. The lowest BCUT2D eigenvalue weighted by atomic mass is 10.2. The summed E-state index contributed by atoms with van der Waals surface area (Å²) in [5, 5.41) is 7.22. The Bertz CT molecular complexity index is 335. The number of rotatable bonds is 6. The number of benzene rings is 1. The Labute approximate surface area is 105 Å². The molecule has 0 bridgehead atoms. The van der Waals surface area contributed by atoms with Crippen LogP contribution in [0.5, 0.6) is 0 Å². The fourth-order valence-corrected chi connectivity index (χ4v) is 1.74. The first-order chi connectivity index (χ1) is 7.61. The third-order valence-electron chi connectivity index (χ3n) is 2.46. The lowest BCUT2D eigenvalue weighted by molar-refractivity contribution is 0.288. The minimum atomic E-state index is 0.259. The Morgan fingerprint density at radius 3 is 2.50 bits per heavy atom. The van der Waals surface area contributed by atoms with Crippen molar-refractivity contribution in [3.63, 3.8) is 0 Å². The molecule has 88 valence electrons. The summed E-state index contributed by atoms with van der Waals surface area (Å²) < 4.78 is 1.10. The van der Waals surface area contributed by atoms with Gasteiger partial charge in [0.05, 0.1) is 5.84 Å². The minimum absolute atomic E-state index is 0.259. The maximum Gasteiger partial charge on any atom is 0.0918 e. The van der Waals surface area contributed by atoms with Gasteiger partial charge in [-0.3, -0.25) is 10.3 Å². The summed E-state index contributed by atoms with van der Waals surface area (Å²) >= 11 is 3.42. The first kappa shape index (κ1) is 13.2. The molecule has 0 fully saturated rings. The smallest absolute Gasteiger partial charge is 0.0918 e. The van der Waals surface area contributed by atoms with Crippen LogP contribution >= 0.6 is 15.9 Å². The van der Waals surface area contributed by atoms with E-state index in [4.69, 9.17) is 11.1 Å². The van der Waals surface area contributed by atoms with Gasteiger partial charge in [0, 0.05) is 24.0 Å². The van der Waals surface area contributed by atoms with Crippen LogP contribution in [0.1, 0.15) is 18.9 Å². The van der Waals surface area contributed by atoms with E-state index in [1.807, 2.05) is 12.1 Å². The molecule has 0 aliphatic heterocycles. The highest BCUT2D eigenvalue weighted by Gasteiger charge is 2.04. The molecule has 0 atom stereocenters. The van der Waals surface area contributed by atoms with Gasteiger partial charge in [-0.2, -0.15) is 0 Å². The Balaban J connectivity index is 2.49. The van der Waals surface area contributed by atoms with Gasteiger partial charge in [0.1, 0.15) is 0 Å². The molecule has 0 aliphatic carbocycles. The van der Waals surface area contributed by atoms with Crippen LogP contribution in [0.25, 0.3) is 0 Å². The van der Waals surface area contributed by atoms with Crippen molar-refractivity contribution >= 4 is 21.8 Å². The number of hydrogen-bond donors (Lipinski definition) is 2. The zero-order valence-electron chi connectivity index (χ0n) is 9.54. The van der Waals surface area contributed by atoms with Crippen molar-refractivity contribution in [1.29, 1.82) is 5.41 Å². The summed E-state index contributed by atoms with van der Waals surface area (Å²) in [6.07, 6.45) is 0.643. The average molecular weight is 284 g/mol. The molecule has 3 nitrogen and oxygen atoms in total. The number of halogens is 1. The van der Waals surface area contributed by atoms with E-state index in [9.17, 15) is 0 Å². The molecule has 3 N–H and O–H groups in total. The van der Waals surface area contributed by atoms with Gasteiger partial charge >= 0.3 is 0 Å². The molecule has 0 amide bonds. The third-order valence-corrected chi connectivity index (χ3v) is 2.99. The van der Waals surface area contributed by atoms with Crippen molar-refractivity contribution in [3.05, 3.63) is 34.3 Å². The van der Waals surface area contributed by atoms with E-state index in [2.05, 4.69) is 39.9 Å². The van der Waals surface area contributed by atoms with Crippen molar-refractivity contribution < 1.29 is 0 Å². The number of nitrogens with zero attached hydrogens (tertiary/aromatic N) is 1. The van der Waals surface area contributed by atoms with Crippen LogP contribution in [-0.4, -0.2) is 23.8 Å². The topological polar surface area (TPSA) is 53.1 Å². The van der Waals surface area contributed by atoms with Crippen LogP contribution in [0.3, 0.4) is 0 Å². The van der Waals surface area contributed by atoms with Crippen molar-refractivity contribution in [2.45, 2.75) is 19.9 Å².